The van der Waals surface area contributed by atoms with Crippen molar-refractivity contribution in [2.24, 2.45) is 0 Å². The molecule has 27 heavy (non-hydrogen) atoms. The lowest BCUT2D eigenvalue weighted by molar-refractivity contribution is -0.132. The van der Waals surface area contributed by atoms with Crippen molar-refractivity contribution in [1.29, 1.82) is 0 Å². The lowest BCUT2D eigenvalue weighted by Gasteiger charge is -2.24. The molecule has 1 heterocycles. The van der Waals surface area contributed by atoms with Crippen LogP contribution in [-0.2, 0) is 17.8 Å². The first-order valence-electron chi connectivity index (χ1n) is 8.79. The molecule has 0 radical (unpaired) electrons. The predicted molar refractivity (Wildman–Crippen MR) is 109 cm³/mol. The maximum Gasteiger partial charge on any atom is 0.251 e. The molecule has 2 aromatic carbocycles. The molecular weight excluding hydrogens is 356 g/mol. The molecule has 1 aromatic heterocycles. The first kappa shape index (κ1) is 18.9. The number of hydrogen-bond donors (Lipinski definition) is 1. The largest absolute Gasteiger partial charge is 0.340 e. The number of nitrogens with one attached hydrogen (secondary N) is 1. The number of rotatable bonds is 7. The number of amides is 2. The maximum absolute atomic E-state index is 13.1. The highest BCUT2D eigenvalue weighted by Crippen LogP contribution is 2.12. The Morgan fingerprint density at radius 2 is 1.63 bits per heavy atom. The molecule has 0 aliphatic rings. The van der Waals surface area contributed by atoms with Gasteiger partial charge in [-0.1, -0.05) is 48.5 Å². The summed E-state index contributed by atoms with van der Waals surface area (Å²) in [6, 6.07) is 20.1. The molecule has 0 spiro atoms. The highest BCUT2D eigenvalue weighted by Gasteiger charge is 2.25. The minimum absolute atomic E-state index is 0.102. The Hall–Kier alpha value is -2.92. The van der Waals surface area contributed by atoms with Crippen molar-refractivity contribution in [2.45, 2.75) is 19.0 Å². The lowest BCUT2D eigenvalue weighted by atomic mass is 10.0. The number of thiophene rings is 1. The number of benzene rings is 2. The smallest absolute Gasteiger partial charge is 0.251 e. The molecule has 1 atom stereocenters. The summed E-state index contributed by atoms with van der Waals surface area (Å²) in [4.78, 5) is 27.3. The van der Waals surface area contributed by atoms with Crippen molar-refractivity contribution in [2.75, 3.05) is 7.05 Å². The summed E-state index contributed by atoms with van der Waals surface area (Å²) in [5.74, 6) is -0.344. The second kappa shape index (κ2) is 9.14. The standard InChI is InChI=1S/C22H22N2O2S/c1-24(15-18-12-13-27-16-18)22(26)20(14-17-8-4-2-5-9-17)23-21(25)19-10-6-3-7-11-19/h2-13,16,20H,14-15H2,1H3,(H,23,25)/t20-/m0/s1. The zero-order chi connectivity index (χ0) is 19.1. The van der Waals surface area contributed by atoms with E-state index in [4.69, 9.17) is 0 Å². The third-order valence-electron chi connectivity index (χ3n) is 4.30. The van der Waals surface area contributed by atoms with E-state index in [0.29, 0.717) is 18.5 Å². The molecule has 0 fully saturated rings. The van der Waals surface area contributed by atoms with Crippen molar-refractivity contribution in [3.63, 3.8) is 0 Å². The van der Waals surface area contributed by atoms with Crippen LogP contribution >= 0.6 is 11.3 Å². The van der Waals surface area contributed by atoms with E-state index >= 15 is 0 Å². The van der Waals surface area contributed by atoms with Crippen molar-refractivity contribution >= 4 is 23.2 Å². The lowest BCUT2D eigenvalue weighted by Crippen LogP contribution is -2.48. The number of nitrogens with zero attached hydrogens (tertiary/aromatic N) is 1. The van der Waals surface area contributed by atoms with E-state index in [1.807, 2.05) is 65.4 Å². The number of carbonyl (C=O) groups excluding carboxylic acids is 2. The van der Waals surface area contributed by atoms with Gasteiger partial charge in [-0.15, -0.1) is 0 Å². The third kappa shape index (κ3) is 5.28. The van der Waals surface area contributed by atoms with E-state index in [-0.39, 0.29) is 11.8 Å². The van der Waals surface area contributed by atoms with Crippen LogP contribution in [0.4, 0.5) is 0 Å². The number of likely N-dealkylation sites (N-methyl/N-ethyl adjacent to an activating group) is 1. The molecule has 1 N–H and O–H groups in total. The number of carbonyl (C=O) groups is 2. The minimum Gasteiger partial charge on any atom is -0.340 e. The molecule has 5 heteroatoms. The Bertz CT molecular complexity index is 864. The molecule has 2 amide bonds. The van der Waals surface area contributed by atoms with Crippen LogP contribution in [0.5, 0.6) is 0 Å². The minimum atomic E-state index is -0.622. The van der Waals surface area contributed by atoms with Crippen LogP contribution in [0.3, 0.4) is 0 Å². The van der Waals surface area contributed by atoms with Crippen LogP contribution in [0, 0.1) is 0 Å². The van der Waals surface area contributed by atoms with Crippen LogP contribution in [0.15, 0.2) is 77.5 Å². The summed E-state index contributed by atoms with van der Waals surface area (Å²) >= 11 is 1.60. The molecule has 138 valence electrons. The maximum atomic E-state index is 13.1. The zero-order valence-corrected chi connectivity index (χ0v) is 16.0. The summed E-state index contributed by atoms with van der Waals surface area (Å²) < 4.78 is 0. The second-order valence-electron chi connectivity index (χ2n) is 6.41. The molecule has 0 aliphatic heterocycles. The fourth-order valence-electron chi connectivity index (χ4n) is 2.88. The van der Waals surface area contributed by atoms with Crippen molar-refractivity contribution in [3.05, 3.63) is 94.2 Å². The summed E-state index contributed by atoms with van der Waals surface area (Å²) in [5.41, 5.74) is 2.64. The van der Waals surface area contributed by atoms with E-state index in [9.17, 15) is 9.59 Å². The van der Waals surface area contributed by atoms with Gasteiger partial charge in [-0.05, 0) is 40.1 Å². The highest BCUT2D eigenvalue weighted by molar-refractivity contribution is 7.07. The van der Waals surface area contributed by atoms with E-state index < -0.39 is 6.04 Å². The molecule has 3 aromatic rings. The predicted octanol–water partition coefficient (Wildman–Crippen LogP) is 3.75. The van der Waals surface area contributed by atoms with Crippen LogP contribution in [0.1, 0.15) is 21.5 Å². The molecule has 0 unspecified atom stereocenters. The van der Waals surface area contributed by atoms with Gasteiger partial charge in [-0.25, -0.2) is 0 Å². The number of hydrogen-bond acceptors (Lipinski definition) is 3. The van der Waals surface area contributed by atoms with E-state index in [1.165, 1.54) is 0 Å². The van der Waals surface area contributed by atoms with E-state index in [0.717, 1.165) is 11.1 Å². The monoisotopic (exact) mass is 378 g/mol. The van der Waals surface area contributed by atoms with Crippen LogP contribution in [0.25, 0.3) is 0 Å². The Labute approximate surface area is 163 Å². The third-order valence-corrected chi connectivity index (χ3v) is 5.03. The molecule has 3 rings (SSSR count). The van der Waals surface area contributed by atoms with Gasteiger partial charge >= 0.3 is 0 Å². The Balaban J connectivity index is 1.76. The molecule has 0 bridgehead atoms. The van der Waals surface area contributed by atoms with Gasteiger partial charge in [0, 0.05) is 25.6 Å². The second-order valence-corrected chi connectivity index (χ2v) is 7.19. The van der Waals surface area contributed by atoms with Gasteiger partial charge in [0.1, 0.15) is 6.04 Å². The van der Waals surface area contributed by atoms with Gasteiger partial charge < -0.3 is 10.2 Å². The van der Waals surface area contributed by atoms with Gasteiger partial charge in [0.2, 0.25) is 5.91 Å². The van der Waals surface area contributed by atoms with Crippen LogP contribution < -0.4 is 5.32 Å². The molecule has 0 saturated carbocycles. The van der Waals surface area contributed by atoms with Crippen molar-refractivity contribution in [1.82, 2.24) is 10.2 Å². The highest BCUT2D eigenvalue weighted by atomic mass is 32.1. The Morgan fingerprint density at radius 1 is 0.963 bits per heavy atom. The van der Waals surface area contributed by atoms with Gasteiger partial charge in [0.25, 0.3) is 5.91 Å². The van der Waals surface area contributed by atoms with Gasteiger partial charge in [0.05, 0.1) is 0 Å². The Morgan fingerprint density at radius 3 is 2.26 bits per heavy atom. The van der Waals surface area contributed by atoms with Gasteiger partial charge in [0.15, 0.2) is 0 Å². The Kier molecular flexibility index (Phi) is 6.39. The summed E-state index contributed by atoms with van der Waals surface area (Å²) in [6.45, 7) is 0.523. The molecule has 4 nitrogen and oxygen atoms in total. The van der Waals surface area contributed by atoms with Crippen molar-refractivity contribution in [3.8, 4) is 0 Å². The molecule has 0 aliphatic carbocycles. The van der Waals surface area contributed by atoms with Gasteiger partial charge in [-0.3, -0.25) is 9.59 Å². The SMILES string of the molecule is CN(Cc1ccsc1)C(=O)[C@H](Cc1ccccc1)NC(=O)c1ccccc1. The van der Waals surface area contributed by atoms with E-state index in [2.05, 4.69) is 5.32 Å². The molecular formula is C22H22N2O2S. The van der Waals surface area contributed by atoms with Gasteiger partial charge in [-0.2, -0.15) is 11.3 Å². The average Bonchev–Trinajstić information content (AvgIpc) is 3.21. The first-order chi connectivity index (χ1) is 13.1. The van der Waals surface area contributed by atoms with E-state index in [1.54, 1.807) is 35.4 Å². The normalized spacial score (nSPS) is 11.6. The fraction of sp³-hybridized carbons (Fsp3) is 0.182. The average molecular weight is 378 g/mol. The van der Waals surface area contributed by atoms with Crippen LogP contribution in [-0.4, -0.2) is 29.8 Å². The summed E-state index contributed by atoms with van der Waals surface area (Å²) in [6.07, 6.45) is 0.451. The zero-order valence-electron chi connectivity index (χ0n) is 15.2. The summed E-state index contributed by atoms with van der Waals surface area (Å²) in [7, 11) is 1.77. The van der Waals surface area contributed by atoms with Crippen LogP contribution in [0.2, 0.25) is 0 Å². The quantitative estimate of drug-likeness (QED) is 0.681. The fourth-order valence-corrected chi connectivity index (χ4v) is 3.54. The topological polar surface area (TPSA) is 49.4 Å². The first-order valence-corrected chi connectivity index (χ1v) is 9.73. The molecule has 0 saturated heterocycles. The summed E-state index contributed by atoms with van der Waals surface area (Å²) in [5, 5.41) is 6.93. The van der Waals surface area contributed by atoms with Crippen molar-refractivity contribution < 1.29 is 9.59 Å².